The summed E-state index contributed by atoms with van der Waals surface area (Å²) in [5.41, 5.74) is 0.318. The van der Waals surface area contributed by atoms with E-state index in [-0.39, 0.29) is 42.3 Å². The molecule has 140 valence electrons. The van der Waals surface area contributed by atoms with Crippen molar-refractivity contribution in [2.45, 2.75) is 44.8 Å². The highest BCUT2D eigenvalue weighted by Crippen LogP contribution is 2.40. The van der Waals surface area contributed by atoms with Crippen molar-refractivity contribution in [2.75, 3.05) is 14.2 Å². The van der Waals surface area contributed by atoms with Gasteiger partial charge in [0.05, 0.1) is 19.8 Å². The van der Waals surface area contributed by atoms with E-state index in [2.05, 4.69) is 0 Å². The fourth-order valence-electron chi connectivity index (χ4n) is 4.03. The topological polar surface area (TPSA) is 82.1 Å². The van der Waals surface area contributed by atoms with Gasteiger partial charge < -0.3 is 14.2 Å². The van der Waals surface area contributed by atoms with Crippen LogP contribution in [-0.4, -0.2) is 49.0 Å². The van der Waals surface area contributed by atoms with Crippen LogP contribution in [0, 0.1) is 5.92 Å². The predicted octanol–water partition coefficient (Wildman–Crippen LogP) is 2.18. The second-order valence-corrected chi connectivity index (χ2v) is 6.63. The summed E-state index contributed by atoms with van der Waals surface area (Å²) in [5.74, 6) is 0.00756. The number of likely N-dealkylation sites (tertiary alicyclic amines) is 1. The van der Waals surface area contributed by atoms with Crippen LogP contribution >= 0.6 is 0 Å². The molecule has 1 heterocycles. The van der Waals surface area contributed by atoms with E-state index in [0.717, 1.165) is 0 Å². The van der Waals surface area contributed by atoms with Crippen molar-refractivity contribution in [2.24, 2.45) is 5.92 Å². The molecule has 3 atom stereocenters. The van der Waals surface area contributed by atoms with Gasteiger partial charge in [-0.25, -0.2) is 0 Å². The Balaban J connectivity index is 1.88. The summed E-state index contributed by atoms with van der Waals surface area (Å²) in [4.78, 5) is 38.3. The molecule has 1 aliphatic carbocycles. The number of hydrogen-bond acceptors (Lipinski definition) is 6. The molecule has 1 aromatic carbocycles. The highest BCUT2D eigenvalue weighted by Gasteiger charge is 2.48. The van der Waals surface area contributed by atoms with E-state index >= 15 is 0 Å². The van der Waals surface area contributed by atoms with Crippen LogP contribution in [0.3, 0.4) is 0 Å². The number of esters is 1. The second-order valence-electron chi connectivity index (χ2n) is 6.63. The fourth-order valence-corrected chi connectivity index (χ4v) is 4.03. The summed E-state index contributed by atoms with van der Waals surface area (Å²) in [6.07, 6.45) is 1.96. The van der Waals surface area contributed by atoms with Crippen LogP contribution < -0.4 is 9.47 Å². The molecule has 3 rings (SSSR count). The SMILES string of the molecule is COc1ccc(C(=O)N2C(=O)CCC3C(OC(C)=O)CCC32)c(OC)c1. The monoisotopic (exact) mass is 361 g/mol. The van der Waals surface area contributed by atoms with Crippen LogP contribution in [0.5, 0.6) is 11.5 Å². The maximum Gasteiger partial charge on any atom is 0.302 e. The van der Waals surface area contributed by atoms with Crippen LogP contribution in [0.2, 0.25) is 0 Å². The summed E-state index contributed by atoms with van der Waals surface area (Å²) >= 11 is 0. The molecule has 26 heavy (non-hydrogen) atoms. The molecular weight excluding hydrogens is 338 g/mol. The smallest absolute Gasteiger partial charge is 0.302 e. The molecule has 7 nitrogen and oxygen atoms in total. The number of carbonyl (C=O) groups is 3. The van der Waals surface area contributed by atoms with E-state index in [1.165, 1.54) is 26.0 Å². The highest BCUT2D eigenvalue weighted by molar-refractivity contribution is 6.07. The number of carbonyl (C=O) groups excluding carboxylic acids is 3. The molecule has 0 N–H and O–H groups in total. The first-order valence-electron chi connectivity index (χ1n) is 8.72. The number of nitrogens with zero attached hydrogens (tertiary/aromatic N) is 1. The average Bonchev–Trinajstić information content (AvgIpc) is 3.02. The lowest BCUT2D eigenvalue weighted by Gasteiger charge is -2.37. The summed E-state index contributed by atoms with van der Waals surface area (Å²) in [5, 5.41) is 0. The third-order valence-corrected chi connectivity index (χ3v) is 5.19. The number of benzene rings is 1. The van der Waals surface area contributed by atoms with Crippen LogP contribution in [-0.2, 0) is 14.3 Å². The van der Waals surface area contributed by atoms with Gasteiger partial charge in [-0.1, -0.05) is 0 Å². The number of hydrogen-bond donors (Lipinski definition) is 0. The van der Waals surface area contributed by atoms with Crippen LogP contribution in [0.4, 0.5) is 0 Å². The Labute approximate surface area is 152 Å². The lowest BCUT2D eigenvalue weighted by molar-refractivity contribution is -0.149. The van der Waals surface area contributed by atoms with E-state index in [1.54, 1.807) is 18.2 Å². The number of methoxy groups -OCH3 is 2. The van der Waals surface area contributed by atoms with Crippen LogP contribution in [0.1, 0.15) is 43.0 Å². The summed E-state index contributed by atoms with van der Waals surface area (Å²) in [6, 6.07) is 4.64. The van der Waals surface area contributed by atoms with Crippen molar-refractivity contribution >= 4 is 17.8 Å². The van der Waals surface area contributed by atoms with Gasteiger partial charge in [0.2, 0.25) is 5.91 Å². The highest BCUT2D eigenvalue weighted by atomic mass is 16.5. The van der Waals surface area contributed by atoms with Crippen molar-refractivity contribution in [1.82, 2.24) is 4.90 Å². The van der Waals surface area contributed by atoms with Gasteiger partial charge in [0.15, 0.2) is 0 Å². The van der Waals surface area contributed by atoms with Crippen molar-refractivity contribution in [1.29, 1.82) is 0 Å². The molecule has 0 bridgehead atoms. The molecule has 1 aliphatic heterocycles. The second kappa shape index (κ2) is 7.35. The maximum absolute atomic E-state index is 13.1. The maximum atomic E-state index is 13.1. The van der Waals surface area contributed by atoms with Gasteiger partial charge >= 0.3 is 5.97 Å². The van der Waals surface area contributed by atoms with E-state index < -0.39 is 0 Å². The lowest BCUT2D eigenvalue weighted by atomic mass is 9.89. The number of fused-ring (bicyclic) bond motifs is 1. The normalized spacial score (nSPS) is 24.8. The molecule has 2 amide bonds. The Kier molecular flexibility index (Phi) is 5.15. The standard InChI is InChI=1S/C19H23NO6/c1-11(21)26-16-8-7-15-13(16)6-9-18(22)20(15)19(23)14-5-4-12(24-2)10-17(14)25-3/h4-5,10,13,15-16H,6-9H2,1-3H3. The van der Waals surface area contributed by atoms with E-state index in [0.29, 0.717) is 36.3 Å². The average molecular weight is 361 g/mol. The quantitative estimate of drug-likeness (QED) is 0.604. The minimum atomic E-state index is -0.382. The van der Waals surface area contributed by atoms with Gasteiger partial charge in [-0.2, -0.15) is 0 Å². The molecule has 0 spiro atoms. The third kappa shape index (κ3) is 3.25. The van der Waals surface area contributed by atoms with Gasteiger partial charge in [-0.3, -0.25) is 19.3 Å². The third-order valence-electron chi connectivity index (χ3n) is 5.19. The summed E-state index contributed by atoms with van der Waals surface area (Å²) in [7, 11) is 3.00. The summed E-state index contributed by atoms with van der Waals surface area (Å²) in [6.45, 7) is 1.38. The van der Waals surface area contributed by atoms with Crippen molar-refractivity contribution in [3.8, 4) is 11.5 Å². The van der Waals surface area contributed by atoms with Crippen molar-refractivity contribution < 1.29 is 28.6 Å². The van der Waals surface area contributed by atoms with E-state index in [1.807, 2.05) is 0 Å². The Morgan fingerprint density at radius 1 is 1.12 bits per heavy atom. The zero-order chi connectivity index (χ0) is 18.8. The molecule has 0 aromatic heterocycles. The lowest BCUT2D eigenvalue weighted by Crippen LogP contribution is -2.51. The number of imide groups is 1. The van der Waals surface area contributed by atoms with Gasteiger partial charge in [-0.05, 0) is 31.4 Å². The number of rotatable bonds is 4. The van der Waals surface area contributed by atoms with E-state index in [4.69, 9.17) is 14.2 Å². The van der Waals surface area contributed by atoms with Gasteiger partial charge in [-0.15, -0.1) is 0 Å². The molecule has 1 aromatic rings. The number of piperidine rings is 1. The first kappa shape index (κ1) is 18.2. The Bertz CT molecular complexity index is 731. The minimum absolute atomic E-state index is 0.00945. The Hall–Kier alpha value is -2.57. The molecule has 3 unspecified atom stereocenters. The molecule has 2 aliphatic rings. The molecule has 7 heteroatoms. The van der Waals surface area contributed by atoms with Gasteiger partial charge in [0, 0.05) is 31.4 Å². The fraction of sp³-hybridized carbons (Fsp3) is 0.526. The molecule has 2 fully saturated rings. The van der Waals surface area contributed by atoms with Gasteiger partial charge in [0.1, 0.15) is 17.6 Å². The van der Waals surface area contributed by atoms with Crippen LogP contribution in [0.25, 0.3) is 0 Å². The molecular formula is C19H23NO6. The summed E-state index contributed by atoms with van der Waals surface area (Å²) < 4.78 is 15.9. The molecule has 1 saturated carbocycles. The largest absolute Gasteiger partial charge is 0.497 e. The van der Waals surface area contributed by atoms with Crippen LogP contribution in [0.15, 0.2) is 18.2 Å². The van der Waals surface area contributed by atoms with Crippen molar-refractivity contribution in [3.05, 3.63) is 23.8 Å². The number of ether oxygens (including phenoxy) is 3. The number of amides is 2. The zero-order valence-electron chi connectivity index (χ0n) is 15.2. The molecule has 0 radical (unpaired) electrons. The predicted molar refractivity (Wildman–Crippen MR) is 92.0 cm³/mol. The Morgan fingerprint density at radius 3 is 2.54 bits per heavy atom. The first-order chi connectivity index (χ1) is 12.5. The molecule has 1 saturated heterocycles. The van der Waals surface area contributed by atoms with Crippen molar-refractivity contribution in [3.63, 3.8) is 0 Å². The van der Waals surface area contributed by atoms with E-state index in [9.17, 15) is 14.4 Å². The minimum Gasteiger partial charge on any atom is -0.497 e. The van der Waals surface area contributed by atoms with Gasteiger partial charge in [0.25, 0.3) is 5.91 Å². The zero-order valence-corrected chi connectivity index (χ0v) is 15.2. The first-order valence-corrected chi connectivity index (χ1v) is 8.72. The Morgan fingerprint density at radius 2 is 1.88 bits per heavy atom.